The van der Waals surface area contributed by atoms with Crippen molar-refractivity contribution in [2.24, 2.45) is 0 Å². The summed E-state index contributed by atoms with van der Waals surface area (Å²) < 4.78 is 0. The highest BCUT2D eigenvalue weighted by atomic mass is 16.3. The van der Waals surface area contributed by atoms with Gasteiger partial charge in [-0.05, 0) is 6.92 Å². The Morgan fingerprint density at radius 3 is 2.90 bits per heavy atom. The highest BCUT2D eigenvalue weighted by Gasteiger charge is 2.00. The molecule has 0 saturated carbocycles. The van der Waals surface area contributed by atoms with Crippen LogP contribution in [-0.4, -0.2) is 23.7 Å². The van der Waals surface area contributed by atoms with Crippen LogP contribution in [0.15, 0.2) is 0 Å². The average molecular weight is 142 g/mol. The quantitative estimate of drug-likeness (QED) is 0.552. The van der Waals surface area contributed by atoms with E-state index in [4.69, 9.17) is 10.4 Å². The zero-order chi connectivity index (χ0) is 7.98. The Morgan fingerprint density at radius 1 is 1.90 bits per heavy atom. The second kappa shape index (κ2) is 4.77. The lowest BCUT2D eigenvalue weighted by molar-refractivity contribution is -0.120. The van der Waals surface area contributed by atoms with Gasteiger partial charge in [-0.3, -0.25) is 4.79 Å². The fourth-order valence-corrected chi connectivity index (χ4v) is 0.396. The maximum Gasteiger partial charge on any atom is 0.234 e. The molecule has 1 atom stereocenters. The van der Waals surface area contributed by atoms with E-state index < -0.39 is 6.10 Å². The smallest absolute Gasteiger partial charge is 0.234 e. The molecule has 0 heterocycles. The van der Waals surface area contributed by atoms with Crippen LogP contribution in [0.25, 0.3) is 0 Å². The first-order chi connectivity index (χ1) is 4.66. The summed E-state index contributed by atoms with van der Waals surface area (Å²) in [6.45, 7) is 1.77. The molecule has 1 amide bonds. The first kappa shape index (κ1) is 8.92. The maximum atomic E-state index is 10.5. The van der Waals surface area contributed by atoms with Crippen molar-refractivity contribution >= 4 is 5.91 Å². The lowest BCUT2D eigenvalue weighted by atomic mass is 10.4. The first-order valence-corrected chi connectivity index (χ1v) is 2.98. The normalized spacial score (nSPS) is 11.7. The van der Waals surface area contributed by atoms with E-state index in [1.807, 2.05) is 0 Å². The lowest BCUT2D eigenvalue weighted by Crippen LogP contribution is -2.29. The van der Waals surface area contributed by atoms with Crippen LogP contribution in [0.2, 0.25) is 0 Å². The van der Waals surface area contributed by atoms with Crippen LogP contribution in [0.3, 0.4) is 0 Å². The molecular formula is C6H10N2O2. The Kier molecular flexibility index (Phi) is 4.25. The van der Waals surface area contributed by atoms with Crippen molar-refractivity contribution < 1.29 is 9.90 Å². The minimum atomic E-state index is -0.553. The third kappa shape index (κ3) is 5.06. The van der Waals surface area contributed by atoms with Crippen molar-refractivity contribution in [3.05, 3.63) is 0 Å². The van der Waals surface area contributed by atoms with Crippen molar-refractivity contribution in [3.63, 3.8) is 0 Å². The summed E-state index contributed by atoms with van der Waals surface area (Å²) in [5.41, 5.74) is 0. The molecular weight excluding hydrogens is 132 g/mol. The largest absolute Gasteiger partial charge is 0.392 e. The van der Waals surface area contributed by atoms with Crippen molar-refractivity contribution in [2.75, 3.05) is 6.54 Å². The number of hydrogen-bond acceptors (Lipinski definition) is 3. The van der Waals surface area contributed by atoms with Crippen LogP contribution >= 0.6 is 0 Å². The van der Waals surface area contributed by atoms with E-state index in [1.165, 1.54) is 0 Å². The van der Waals surface area contributed by atoms with Crippen LogP contribution in [0.5, 0.6) is 0 Å². The molecule has 0 saturated heterocycles. The number of carbonyl (C=O) groups excluding carboxylic acids is 1. The van der Waals surface area contributed by atoms with E-state index in [-0.39, 0.29) is 18.9 Å². The van der Waals surface area contributed by atoms with Gasteiger partial charge in [-0.2, -0.15) is 5.26 Å². The summed E-state index contributed by atoms with van der Waals surface area (Å²) in [4.78, 5) is 10.5. The molecule has 0 radical (unpaired) electrons. The number of nitriles is 1. The van der Waals surface area contributed by atoms with Gasteiger partial charge >= 0.3 is 0 Å². The van der Waals surface area contributed by atoms with E-state index in [1.54, 1.807) is 13.0 Å². The summed E-state index contributed by atoms with van der Waals surface area (Å²) in [5.74, 6) is -0.344. The highest BCUT2D eigenvalue weighted by Crippen LogP contribution is 1.78. The van der Waals surface area contributed by atoms with E-state index >= 15 is 0 Å². The number of rotatable bonds is 3. The van der Waals surface area contributed by atoms with Crippen LogP contribution < -0.4 is 5.32 Å². The topological polar surface area (TPSA) is 73.1 Å². The number of carbonyl (C=O) groups is 1. The van der Waals surface area contributed by atoms with Gasteiger partial charge in [0.1, 0.15) is 6.42 Å². The van der Waals surface area contributed by atoms with Gasteiger partial charge in [0, 0.05) is 6.54 Å². The fraction of sp³-hybridized carbons (Fsp3) is 0.667. The minimum absolute atomic E-state index is 0.146. The fourth-order valence-electron chi connectivity index (χ4n) is 0.396. The van der Waals surface area contributed by atoms with Crippen molar-refractivity contribution in [1.82, 2.24) is 5.32 Å². The number of aliphatic hydroxyl groups excluding tert-OH is 1. The Hall–Kier alpha value is -1.08. The van der Waals surface area contributed by atoms with E-state index in [9.17, 15) is 4.79 Å². The van der Waals surface area contributed by atoms with Gasteiger partial charge in [-0.1, -0.05) is 0 Å². The maximum absolute atomic E-state index is 10.5. The molecule has 0 aromatic carbocycles. The highest BCUT2D eigenvalue weighted by molar-refractivity contribution is 5.77. The van der Waals surface area contributed by atoms with Gasteiger partial charge < -0.3 is 10.4 Å². The number of aliphatic hydroxyl groups is 1. The van der Waals surface area contributed by atoms with Crippen LogP contribution in [0, 0.1) is 11.3 Å². The average Bonchev–Trinajstić information content (AvgIpc) is 1.85. The van der Waals surface area contributed by atoms with E-state index in [0.717, 1.165) is 0 Å². The number of amides is 1. The summed E-state index contributed by atoms with van der Waals surface area (Å²) in [6.07, 6.45) is -0.699. The summed E-state index contributed by atoms with van der Waals surface area (Å²) in [7, 11) is 0. The Bertz CT molecular complexity index is 148. The minimum Gasteiger partial charge on any atom is -0.392 e. The predicted molar refractivity (Wildman–Crippen MR) is 34.9 cm³/mol. The molecule has 0 aromatic rings. The Labute approximate surface area is 59.5 Å². The standard InChI is InChI=1S/C6H10N2O2/c1-5(9)4-8-6(10)2-3-7/h5,9H,2,4H2,1H3,(H,8,10)/t5-/m1/s1. The van der Waals surface area contributed by atoms with Crippen LogP contribution in [0.1, 0.15) is 13.3 Å². The molecule has 10 heavy (non-hydrogen) atoms. The molecule has 4 heteroatoms. The molecule has 0 fully saturated rings. The first-order valence-electron chi connectivity index (χ1n) is 2.98. The number of nitrogens with one attached hydrogen (secondary N) is 1. The van der Waals surface area contributed by atoms with Crippen LogP contribution in [-0.2, 0) is 4.79 Å². The van der Waals surface area contributed by atoms with E-state index in [0.29, 0.717) is 0 Å². The van der Waals surface area contributed by atoms with Gasteiger partial charge in [0.15, 0.2) is 0 Å². The van der Waals surface area contributed by atoms with Gasteiger partial charge in [-0.25, -0.2) is 0 Å². The van der Waals surface area contributed by atoms with Crippen LogP contribution in [0.4, 0.5) is 0 Å². The monoisotopic (exact) mass is 142 g/mol. The van der Waals surface area contributed by atoms with E-state index in [2.05, 4.69) is 5.32 Å². The van der Waals surface area contributed by atoms with Gasteiger partial charge in [0.2, 0.25) is 5.91 Å². The van der Waals surface area contributed by atoms with Crippen molar-refractivity contribution in [3.8, 4) is 6.07 Å². The lowest BCUT2D eigenvalue weighted by Gasteiger charge is -2.03. The molecule has 2 N–H and O–H groups in total. The number of hydrogen-bond donors (Lipinski definition) is 2. The predicted octanol–water partition coefficient (Wildman–Crippen LogP) is -0.603. The summed E-state index contributed by atoms with van der Waals surface area (Å²) >= 11 is 0. The molecule has 0 spiro atoms. The zero-order valence-electron chi connectivity index (χ0n) is 5.79. The molecule has 0 unspecified atom stereocenters. The Balaban J connectivity index is 3.33. The molecule has 0 aliphatic carbocycles. The zero-order valence-corrected chi connectivity index (χ0v) is 5.79. The molecule has 4 nitrogen and oxygen atoms in total. The Morgan fingerprint density at radius 2 is 2.50 bits per heavy atom. The molecule has 0 aromatic heterocycles. The summed E-state index contributed by atoms with van der Waals surface area (Å²) in [5, 5.41) is 19.1. The molecule has 0 bridgehead atoms. The second-order valence-electron chi connectivity index (χ2n) is 1.99. The third-order valence-corrected chi connectivity index (χ3v) is 0.834. The van der Waals surface area contributed by atoms with Crippen molar-refractivity contribution in [1.29, 1.82) is 5.26 Å². The van der Waals surface area contributed by atoms with Gasteiger partial charge in [0.25, 0.3) is 0 Å². The molecule has 0 rings (SSSR count). The second-order valence-corrected chi connectivity index (χ2v) is 1.99. The van der Waals surface area contributed by atoms with Crippen molar-refractivity contribution in [2.45, 2.75) is 19.4 Å². The number of nitrogens with zero attached hydrogens (tertiary/aromatic N) is 1. The third-order valence-electron chi connectivity index (χ3n) is 0.834. The molecule has 0 aliphatic heterocycles. The molecule has 56 valence electrons. The SMILES string of the molecule is C[C@@H](O)CNC(=O)CC#N. The van der Waals surface area contributed by atoms with Gasteiger partial charge in [-0.15, -0.1) is 0 Å². The van der Waals surface area contributed by atoms with Gasteiger partial charge in [0.05, 0.1) is 12.2 Å². The molecule has 0 aliphatic rings. The summed E-state index contributed by atoms with van der Waals surface area (Å²) in [6, 6.07) is 1.70.